The first-order valence-corrected chi connectivity index (χ1v) is 8.78. The van der Waals surface area contributed by atoms with E-state index in [9.17, 15) is 0 Å². The van der Waals surface area contributed by atoms with Crippen LogP contribution >= 0.6 is 11.6 Å². The number of fused-ring (bicyclic) bond motifs is 1. The van der Waals surface area contributed by atoms with Gasteiger partial charge >= 0.3 is 0 Å². The number of halogens is 1. The van der Waals surface area contributed by atoms with Gasteiger partial charge in [0, 0.05) is 39.8 Å². The van der Waals surface area contributed by atoms with Gasteiger partial charge in [0.25, 0.3) is 0 Å². The third kappa shape index (κ3) is 3.02. The number of hydrogen-bond donors (Lipinski definition) is 2. The molecule has 3 aromatic heterocycles. The predicted octanol–water partition coefficient (Wildman–Crippen LogP) is 1.62. The molecule has 0 spiro atoms. The van der Waals surface area contributed by atoms with Gasteiger partial charge in [0.15, 0.2) is 5.65 Å². The summed E-state index contributed by atoms with van der Waals surface area (Å²) in [6, 6.07) is 0. The maximum absolute atomic E-state index is 7.81. The standard InChI is InChI=1S/C16H21ClN8/c1-23-9-12(17)20-16(23)25-5-3-10(4-6-25)7-13-19-8-11-14(21-13)22-15(18)24(11)2/h8-10H,3-7H2,1-2H3,(H2,18,19,21,22). The molecule has 4 rings (SSSR count). The van der Waals surface area contributed by atoms with Gasteiger partial charge in [-0.1, -0.05) is 11.6 Å². The molecule has 2 N–H and O–H groups in total. The molecule has 3 aromatic rings. The number of H-pyrrole nitrogens is 1. The van der Waals surface area contributed by atoms with E-state index in [2.05, 4.69) is 24.8 Å². The lowest BCUT2D eigenvalue weighted by atomic mass is 9.93. The Morgan fingerprint density at radius 1 is 1.28 bits per heavy atom. The molecule has 9 heteroatoms. The molecule has 0 aromatic carbocycles. The monoisotopic (exact) mass is 360 g/mol. The zero-order valence-electron chi connectivity index (χ0n) is 14.3. The van der Waals surface area contributed by atoms with Gasteiger partial charge in [-0.3, -0.25) is 5.41 Å². The van der Waals surface area contributed by atoms with Crippen LogP contribution in [0.5, 0.6) is 0 Å². The number of nitrogens with one attached hydrogen (secondary N) is 2. The summed E-state index contributed by atoms with van der Waals surface area (Å²) in [7, 11) is 3.81. The van der Waals surface area contributed by atoms with Crippen molar-refractivity contribution in [3.63, 3.8) is 0 Å². The van der Waals surface area contributed by atoms with E-state index in [1.807, 2.05) is 24.9 Å². The molecule has 132 valence electrons. The predicted molar refractivity (Wildman–Crippen MR) is 95.6 cm³/mol. The Kier molecular flexibility index (Phi) is 3.99. The fourth-order valence-corrected chi connectivity index (χ4v) is 3.70. The number of aryl methyl sites for hydroxylation is 2. The first kappa shape index (κ1) is 16.1. The van der Waals surface area contributed by atoms with Crippen molar-refractivity contribution in [3.8, 4) is 0 Å². The maximum atomic E-state index is 7.81. The Labute approximate surface area is 150 Å². The summed E-state index contributed by atoms with van der Waals surface area (Å²) in [5.41, 5.74) is 1.93. The second-order valence-corrected chi connectivity index (χ2v) is 7.05. The molecule has 4 heterocycles. The van der Waals surface area contributed by atoms with Crippen molar-refractivity contribution in [2.24, 2.45) is 20.0 Å². The highest BCUT2D eigenvalue weighted by molar-refractivity contribution is 6.29. The summed E-state index contributed by atoms with van der Waals surface area (Å²) in [5, 5.41) is 8.35. The van der Waals surface area contributed by atoms with E-state index in [0.717, 1.165) is 55.3 Å². The van der Waals surface area contributed by atoms with Gasteiger partial charge in [0.05, 0.1) is 6.20 Å². The van der Waals surface area contributed by atoms with Crippen molar-refractivity contribution in [1.82, 2.24) is 29.1 Å². The van der Waals surface area contributed by atoms with Crippen LogP contribution in [-0.2, 0) is 20.5 Å². The topological polar surface area (TPSA) is 91.4 Å². The molecule has 1 aliphatic heterocycles. The van der Waals surface area contributed by atoms with E-state index in [-0.39, 0.29) is 0 Å². The number of hydrogen-bond acceptors (Lipinski definition) is 5. The van der Waals surface area contributed by atoms with Gasteiger partial charge in [-0.05, 0) is 18.8 Å². The van der Waals surface area contributed by atoms with Crippen LogP contribution in [0.1, 0.15) is 18.7 Å². The van der Waals surface area contributed by atoms with Crippen molar-refractivity contribution in [2.45, 2.75) is 19.3 Å². The number of rotatable bonds is 3. The highest BCUT2D eigenvalue weighted by Crippen LogP contribution is 2.25. The molecule has 0 saturated carbocycles. The van der Waals surface area contributed by atoms with Crippen molar-refractivity contribution >= 4 is 28.7 Å². The summed E-state index contributed by atoms with van der Waals surface area (Å²) < 4.78 is 3.72. The average Bonchev–Trinajstić information content (AvgIpc) is 3.07. The zero-order valence-corrected chi connectivity index (χ0v) is 15.1. The molecule has 0 radical (unpaired) electrons. The molecule has 0 bridgehead atoms. The minimum Gasteiger partial charge on any atom is -0.342 e. The number of aromatic nitrogens is 6. The van der Waals surface area contributed by atoms with E-state index in [1.165, 1.54) is 0 Å². The molecule has 1 fully saturated rings. The second kappa shape index (κ2) is 6.18. The Bertz CT molecular complexity index is 960. The van der Waals surface area contributed by atoms with E-state index in [4.69, 9.17) is 17.0 Å². The summed E-state index contributed by atoms with van der Waals surface area (Å²) in [6.45, 7) is 1.92. The van der Waals surface area contributed by atoms with Crippen molar-refractivity contribution in [2.75, 3.05) is 18.0 Å². The quantitative estimate of drug-likeness (QED) is 0.742. The molecule has 0 atom stereocenters. The Morgan fingerprint density at radius 3 is 2.72 bits per heavy atom. The normalized spacial score (nSPS) is 16.0. The number of anilines is 1. The summed E-state index contributed by atoms with van der Waals surface area (Å²) >= 11 is 5.99. The van der Waals surface area contributed by atoms with E-state index in [0.29, 0.717) is 16.7 Å². The summed E-state index contributed by atoms with van der Waals surface area (Å²) in [6.07, 6.45) is 6.66. The maximum Gasteiger partial charge on any atom is 0.206 e. The second-order valence-electron chi connectivity index (χ2n) is 6.66. The van der Waals surface area contributed by atoms with Crippen LogP contribution in [0.2, 0.25) is 5.15 Å². The molecule has 0 amide bonds. The van der Waals surface area contributed by atoms with E-state index in [1.54, 1.807) is 10.8 Å². The first-order valence-electron chi connectivity index (χ1n) is 8.40. The molecule has 1 saturated heterocycles. The Balaban J connectivity index is 1.43. The van der Waals surface area contributed by atoms with Crippen LogP contribution < -0.4 is 10.5 Å². The molecule has 0 unspecified atom stereocenters. The third-order valence-electron chi connectivity index (χ3n) is 4.94. The average molecular weight is 361 g/mol. The first-order chi connectivity index (χ1) is 12.0. The highest BCUT2D eigenvalue weighted by Gasteiger charge is 2.23. The van der Waals surface area contributed by atoms with Gasteiger partial charge in [0.2, 0.25) is 11.6 Å². The molecule has 8 nitrogen and oxygen atoms in total. The lowest BCUT2D eigenvalue weighted by Gasteiger charge is -2.32. The molecule has 25 heavy (non-hydrogen) atoms. The summed E-state index contributed by atoms with van der Waals surface area (Å²) in [5.74, 6) is 2.33. The molecule has 1 aliphatic rings. The minimum absolute atomic E-state index is 0.337. The largest absolute Gasteiger partial charge is 0.342 e. The third-order valence-corrected chi connectivity index (χ3v) is 5.13. The fraction of sp³-hybridized carbons (Fsp3) is 0.500. The Morgan fingerprint density at radius 2 is 2.04 bits per heavy atom. The zero-order chi connectivity index (χ0) is 17.6. The van der Waals surface area contributed by atoms with Crippen LogP contribution in [0, 0.1) is 11.3 Å². The number of piperidine rings is 1. The van der Waals surface area contributed by atoms with Crippen molar-refractivity contribution in [1.29, 1.82) is 5.41 Å². The number of aromatic amines is 1. The van der Waals surface area contributed by atoms with Gasteiger partial charge < -0.3 is 19.0 Å². The Hall–Kier alpha value is -2.35. The van der Waals surface area contributed by atoms with Crippen LogP contribution in [0.4, 0.5) is 5.95 Å². The SMILES string of the molecule is Cn1cc(Cl)nc1N1CCC(Cc2ncc3c(n2)[nH]c(=N)n3C)CC1. The number of imidazole rings is 2. The highest BCUT2D eigenvalue weighted by atomic mass is 35.5. The molecule has 0 aliphatic carbocycles. The lowest BCUT2D eigenvalue weighted by molar-refractivity contribution is 0.393. The van der Waals surface area contributed by atoms with Gasteiger partial charge in [-0.15, -0.1) is 0 Å². The van der Waals surface area contributed by atoms with Crippen molar-refractivity contribution < 1.29 is 0 Å². The van der Waals surface area contributed by atoms with E-state index >= 15 is 0 Å². The fourth-order valence-electron chi connectivity index (χ4n) is 3.47. The molecular formula is C16H21ClN8. The van der Waals surface area contributed by atoms with E-state index < -0.39 is 0 Å². The molecular weight excluding hydrogens is 340 g/mol. The summed E-state index contributed by atoms with van der Waals surface area (Å²) in [4.78, 5) is 18.7. The number of nitrogens with zero attached hydrogens (tertiary/aromatic N) is 6. The lowest BCUT2D eigenvalue weighted by Crippen LogP contribution is -2.36. The van der Waals surface area contributed by atoms with Gasteiger partial charge in [-0.2, -0.15) is 0 Å². The van der Waals surface area contributed by atoms with Gasteiger partial charge in [-0.25, -0.2) is 15.0 Å². The smallest absolute Gasteiger partial charge is 0.206 e. The van der Waals surface area contributed by atoms with Crippen LogP contribution in [-0.4, -0.2) is 42.2 Å². The van der Waals surface area contributed by atoms with Crippen LogP contribution in [0.15, 0.2) is 12.4 Å². The van der Waals surface area contributed by atoms with Crippen LogP contribution in [0.3, 0.4) is 0 Å². The minimum atomic E-state index is 0.337. The van der Waals surface area contributed by atoms with Crippen molar-refractivity contribution in [3.05, 3.63) is 29.0 Å². The van der Waals surface area contributed by atoms with Crippen LogP contribution in [0.25, 0.3) is 11.2 Å². The van der Waals surface area contributed by atoms with Gasteiger partial charge in [0.1, 0.15) is 16.5 Å².